The van der Waals surface area contributed by atoms with E-state index >= 15 is 0 Å². The maximum absolute atomic E-state index is 11.1. The molecule has 3 nitrogen and oxygen atoms in total. The Labute approximate surface area is 114 Å². The van der Waals surface area contributed by atoms with E-state index in [1.807, 2.05) is 0 Å². The molecule has 4 aliphatic carbocycles. The highest BCUT2D eigenvalue weighted by atomic mass is 16.4. The van der Waals surface area contributed by atoms with Gasteiger partial charge in [0, 0.05) is 6.08 Å². The van der Waals surface area contributed by atoms with Crippen molar-refractivity contribution in [2.24, 2.45) is 29.6 Å². The molecule has 0 amide bonds. The Morgan fingerprint density at radius 1 is 1.05 bits per heavy atom. The minimum absolute atomic E-state index is 0.295. The summed E-state index contributed by atoms with van der Waals surface area (Å²) in [6.07, 6.45) is 7.64. The number of hydrogen-bond acceptors (Lipinski definition) is 2. The summed E-state index contributed by atoms with van der Waals surface area (Å²) in [5.74, 6) is 2.31. The monoisotopic (exact) mass is 264 g/mol. The van der Waals surface area contributed by atoms with Crippen LogP contribution in [0.5, 0.6) is 0 Å². The van der Waals surface area contributed by atoms with Crippen LogP contribution in [0.2, 0.25) is 0 Å². The van der Waals surface area contributed by atoms with Gasteiger partial charge in [0.15, 0.2) is 0 Å². The fourth-order valence-corrected chi connectivity index (χ4v) is 5.25. The molecule has 0 heterocycles. The zero-order valence-corrected chi connectivity index (χ0v) is 11.8. The lowest BCUT2D eigenvalue weighted by Gasteiger charge is -2.56. The second-order valence-electron chi connectivity index (χ2n) is 7.45. The first-order chi connectivity index (χ1) is 8.84. The highest BCUT2D eigenvalue weighted by Gasteiger charge is 2.50. The number of carboxylic acids is 1. The highest BCUT2D eigenvalue weighted by molar-refractivity contribution is 5.81. The summed E-state index contributed by atoms with van der Waals surface area (Å²) in [4.78, 5) is 11.1. The van der Waals surface area contributed by atoms with E-state index in [-0.39, 0.29) is 0 Å². The van der Waals surface area contributed by atoms with Crippen LogP contribution < -0.4 is 0 Å². The third-order valence-corrected chi connectivity index (χ3v) is 5.57. The first-order valence-corrected chi connectivity index (χ1v) is 7.52. The topological polar surface area (TPSA) is 57.5 Å². The van der Waals surface area contributed by atoms with E-state index in [9.17, 15) is 9.90 Å². The van der Waals surface area contributed by atoms with Gasteiger partial charge in [-0.05, 0) is 81.1 Å². The standard InChI is InChI=1S/C16H24O3/c1-16(2,19)13(8-14(17)18)15-11-4-9-3-10(6-11)7-12(15)5-9/h8-12,15,19H,3-7H2,1-2H3,(H,17,18)/b13-8-. The molecule has 106 valence electrons. The molecule has 0 spiro atoms. The Hall–Kier alpha value is -0.830. The molecule has 4 saturated carbocycles. The Kier molecular flexibility index (Phi) is 3.01. The van der Waals surface area contributed by atoms with Gasteiger partial charge in [0.1, 0.15) is 0 Å². The van der Waals surface area contributed by atoms with Crippen molar-refractivity contribution in [1.82, 2.24) is 0 Å². The van der Waals surface area contributed by atoms with Gasteiger partial charge in [-0.3, -0.25) is 0 Å². The summed E-state index contributed by atoms with van der Waals surface area (Å²) in [5.41, 5.74) is -0.257. The maximum Gasteiger partial charge on any atom is 0.328 e. The van der Waals surface area contributed by atoms with Crippen molar-refractivity contribution in [3.8, 4) is 0 Å². The summed E-state index contributed by atoms with van der Waals surface area (Å²) in [7, 11) is 0. The first kappa shape index (κ1) is 13.2. The molecular weight excluding hydrogens is 240 g/mol. The third kappa shape index (κ3) is 2.33. The molecule has 0 radical (unpaired) electrons. The molecule has 0 aromatic carbocycles. The predicted molar refractivity (Wildman–Crippen MR) is 72.6 cm³/mol. The smallest absolute Gasteiger partial charge is 0.328 e. The van der Waals surface area contributed by atoms with Crippen LogP contribution in [0.25, 0.3) is 0 Å². The third-order valence-electron chi connectivity index (χ3n) is 5.57. The van der Waals surface area contributed by atoms with Gasteiger partial charge in [0.25, 0.3) is 0 Å². The minimum Gasteiger partial charge on any atom is -0.478 e. The first-order valence-electron chi connectivity index (χ1n) is 7.52. The number of carbonyl (C=O) groups is 1. The molecule has 0 aromatic rings. The fourth-order valence-electron chi connectivity index (χ4n) is 5.25. The van der Waals surface area contributed by atoms with Crippen molar-refractivity contribution in [3.05, 3.63) is 11.6 Å². The van der Waals surface area contributed by atoms with Gasteiger partial charge in [-0.1, -0.05) is 0 Å². The van der Waals surface area contributed by atoms with E-state index in [4.69, 9.17) is 5.11 Å². The summed E-state index contributed by atoms with van der Waals surface area (Å²) >= 11 is 0. The maximum atomic E-state index is 11.1. The Morgan fingerprint density at radius 3 is 1.89 bits per heavy atom. The van der Waals surface area contributed by atoms with Gasteiger partial charge in [-0.2, -0.15) is 0 Å². The number of aliphatic hydroxyl groups is 1. The highest BCUT2D eigenvalue weighted by Crippen LogP contribution is 2.59. The molecule has 4 aliphatic rings. The average Bonchev–Trinajstić information content (AvgIpc) is 2.24. The quantitative estimate of drug-likeness (QED) is 0.771. The molecule has 4 rings (SSSR count). The van der Waals surface area contributed by atoms with Crippen molar-refractivity contribution >= 4 is 5.97 Å². The lowest BCUT2D eigenvalue weighted by molar-refractivity contribution is -0.131. The van der Waals surface area contributed by atoms with Crippen LogP contribution in [0.3, 0.4) is 0 Å². The molecule has 2 N–H and O–H groups in total. The molecule has 4 fully saturated rings. The van der Waals surface area contributed by atoms with Gasteiger partial charge in [-0.15, -0.1) is 0 Å². The lowest BCUT2D eigenvalue weighted by Crippen LogP contribution is -2.48. The second-order valence-corrected chi connectivity index (χ2v) is 7.45. The van der Waals surface area contributed by atoms with Crippen molar-refractivity contribution < 1.29 is 15.0 Å². The van der Waals surface area contributed by atoms with Crippen LogP contribution in [-0.2, 0) is 4.79 Å². The molecule has 4 bridgehead atoms. The lowest BCUT2D eigenvalue weighted by atomic mass is 9.49. The molecule has 0 unspecified atom stereocenters. The van der Waals surface area contributed by atoms with Crippen LogP contribution in [0.15, 0.2) is 11.6 Å². The van der Waals surface area contributed by atoms with E-state index in [1.54, 1.807) is 13.8 Å². The van der Waals surface area contributed by atoms with Crippen molar-refractivity contribution in [3.63, 3.8) is 0 Å². The molecule has 0 atom stereocenters. The van der Waals surface area contributed by atoms with Gasteiger partial charge in [-0.25, -0.2) is 4.79 Å². The molecule has 0 aromatic heterocycles. The zero-order valence-electron chi connectivity index (χ0n) is 11.8. The van der Waals surface area contributed by atoms with Gasteiger partial charge < -0.3 is 10.2 Å². The Bertz CT molecular complexity index is 388. The van der Waals surface area contributed by atoms with Gasteiger partial charge >= 0.3 is 5.97 Å². The molecule has 0 aliphatic heterocycles. The number of aliphatic carboxylic acids is 1. The van der Waals surface area contributed by atoms with Crippen molar-refractivity contribution in [2.75, 3.05) is 0 Å². The molecular formula is C16H24O3. The fraction of sp³-hybridized carbons (Fsp3) is 0.812. The van der Waals surface area contributed by atoms with Crippen molar-refractivity contribution in [1.29, 1.82) is 0 Å². The van der Waals surface area contributed by atoms with E-state index in [0.717, 1.165) is 17.4 Å². The summed E-state index contributed by atoms with van der Waals surface area (Å²) < 4.78 is 0. The molecule has 0 saturated heterocycles. The van der Waals surface area contributed by atoms with Crippen LogP contribution in [0.4, 0.5) is 0 Å². The SMILES string of the molecule is CC(C)(O)/C(=C\C(=O)O)C1C2CC3CC(C2)CC1C3. The Balaban J connectivity index is 1.93. The van der Waals surface area contributed by atoms with E-state index in [2.05, 4.69) is 0 Å². The number of hydrogen-bond donors (Lipinski definition) is 2. The van der Waals surface area contributed by atoms with Crippen LogP contribution in [0.1, 0.15) is 46.0 Å². The normalized spacial score (nSPS) is 41.6. The van der Waals surface area contributed by atoms with Crippen LogP contribution in [-0.4, -0.2) is 21.8 Å². The second kappa shape index (κ2) is 4.34. The summed E-state index contributed by atoms with van der Waals surface area (Å²) in [5, 5.41) is 19.5. The summed E-state index contributed by atoms with van der Waals surface area (Å²) in [6, 6.07) is 0. The van der Waals surface area contributed by atoms with E-state index in [1.165, 1.54) is 38.2 Å². The average molecular weight is 264 g/mol. The van der Waals surface area contributed by atoms with Crippen LogP contribution in [0, 0.1) is 29.6 Å². The van der Waals surface area contributed by atoms with E-state index < -0.39 is 11.6 Å². The largest absolute Gasteiger partial charge is 0.478 e. The van der Waals surface area contributed by atoms with Crippen LogP contribution >= 0.6 is 0 Å². The minimum atomic E-state index is -1.02. The van der Waals surface area contributed by atoms with Gasteiger partial charge in [0.2, 0.25) is 0 Å². The van der Waals surface area contributed by atoms with Gasteiger partial charge in [0.05, 0.1) is 5.60 Å². The number of rotatable bonds is 3. The van der Waals surface area contributed by atoms with E-state index in [0.29, 0.717) is 17.8 Å². The summed E-state index contributed by atoms with van der Waals surface area (Å²) in [6.45, 7) is 3.46. The predicted octanol–water partition coefficient (Wildman–Crippen LogP) is 2.84. The zero-order chi connectivity index (χ0) is 13.8. The van der Waals surface area contributed by atoms with Crippen molar-refractivity contribution in [2.45, 2.75) is 51.6 Å². The molecule has 19 heavy (non-hydrogen) atoms. The number of carboxylic acid groups (broad SMARTS) is 1. The Morgan fingerprint density at radius 2 is 1.53 bits per heavy atom. The molecule has 3 heteroatoms.